The Kier molecular flexibility index (Phi) is 3.52. The van der Waals surface area contributed by atoms with Crippen molar-refractivity contribution >= 4 is 11.7 Å². The summed E-state index contributed by atoms with van der Waals surface area (Å²) in [6.45, 7) is 3.75. The summed E-state index contributed by atoms with van der Waals surface area (Å²) in [7, 11) is 0. The average Bonchev–Trinajstić information content (AvgIpc) is 2.39. The smallest absolute Gasteiger partial charge is 0.252 e. The van der Waals surface area contributed by atoms with E-state index in [-0.39, 0.29) is 17.1 Å². The summed E-state index contributed by atoms with van der Waals surface area (Å²) in [5, 5.41) is 9.70. The number of rotatable bonds is 4. The van der Waals surface area contributed by atoms with Crippen molar-refractivity contribution in [2.75, 3.05) is 0 Å². The molecular weight excluding hydrogens is 242 g/mol. The van der Waals surface area contributed by atoms with E-state index in [1.807, 2.05) is 0 Å². The fourth-order valence-electron chi connectivity index (χ4n) is 1.66. The third kappa shape index (κ3) is 2.74. The normalized spacial score (nSPS) is 9.89. The second kappa shape index (κ2) is 5.27. The van der Waals surface area contributed by atoms with Crippen molar-refractivity contribution in [3.8, 4) is 11.5 Å². The zero-order chi connectivity index (χ0) is 13.8. The van der Waals surface area contributed by atoms with Crippen LogP contribution in [0.4, 0.5) is 0 Å². The van der Waals surface area contributed by atoms with E-state index in [4.69, 9.17) is 10.5 Å². The van der Waals surface area contributed by atoms with Gasteiger partial charge < -0.3 is 15.6 Å². The van der Waals surface area contributed by atoms with Gasteiger partial charge in [0.05, 0.1) is 11.1 Å². The number of primary amides is 1. The summed E-state index contributed by atoms with van der Waals surface area (Å²) >= 11 is 0. The van der Waals surface area contributed by atoms with Crippen molar-refractivity contribution in [1.82, 2.24) is 0 Å². The van der Waals surface area contributed by atoms with Gasteiger partial charge in [0, 0.05) is 0 Å². The van der Waals surface area contributed by atoms with Crippen molar-refractivity contribution in [2.24, 2.45) is 5.73 Å². The van der Waals surface area contributed by atoms with Gasteiger partial charge in [0.1, 0.15) is 17.3 Å². The highest BCUT2D eigenvalue weighted by molar-refractivity contribution is 5.95. The minimum Gasteiger partial charge on any atom is -0.507 e. The molecule has 19 heavy (non-hydrogen) atoms. The van der Waals surface area contributed by atoms with Crippen LogP contribution in [-0.4, -0.2) is 11.0 Å². The first-order valence-electron chi connectivity index (χ1n) is 5.63. The van der Waals surface area contributed by atoms with Gasteiger partial charge in [-0.25, -0.2) is 0 Å². The number of carbonyl (C=O) groups is 1. The summed E-state index contributed by atoms with van der Waals surface area (Å²) in [6.07, 6.45) is 0. The Balaban J connectivity index is 2.30. The predicted molar refractivity (Wildman–Crippen MR) is 72.7 cm³/mol. The molecule has 0 atom stereocenters. The van der Waals surface area contributed by atoms with Crippen LogP contribution in [0.15, 0.2) is 55.1 Å². The Hall–Kier alpha value is -2.75. The van der Waals surface area contributed by atoms with Crippen LogP contribution >= 0.6 is 0 Å². The quantitative estimate of drug-likeness (QED) is 0.824. The van der Waals surface area contributed by atoms with Crippen LogP contribution < -0.4 is 10.5 Å². The maximum Gasteiger partial charge on any atom is 0.252 e. The Morgan fingerprint density at radius 2 is 1.63 bits per heavy atom. The van der Waals surface area contributed by atoms with Gasteiger partial charge in [-0.3, -0.25) is 4.79 Å². The molecule has 96 valence electrons. The third-order valence-electron chi connectivity index (χ3n) is 2.59. The zero-order valence-electron chi connectivity index (χ0n) is 10.2. The summed E-state index contributed by atoms with van der Waals surface area (Å²) in [5.41, 5.74) is 5.98. The van der Waals surface area contributed by atoms with E-state index in [9.17, 15) is 9.90 Å². The highest BCUT2D eigenvalue weighted by atomic mass is 16.5. The lowest BCUT2D eigenvalue weighted by atomic mass is 10.1. The molecule has 0 aliphatic heterocycles. The Morgan fingerprint density at radius 3 is 2.26 bits per heavy atom. The van der Waals surface area contributed by atoms with Gasteiger partial charge in [-0.1, -0.05) is 30.8 Å². The molecule has 0 aliphatic carbocycles. The molecule has 2 rings (SSSR count). The molecule has 0 fully saturated rings. The fourth-order valence-corrected chi connectivity index (χ4v) is 1.66. The number of nitrogens with two attached hydrogens (primary N) is 1. The molecule has 1 amide bonds. The number of phenols is 1. The highest BCUT2D eigenvalue weighted by Crippen LogP contribution is 2.28. The van der Waals surface area contributed by atoms with Crippen LogP contribution in [0.2, 0.25) is 0 Å². The first-order valence-corrected chi connectivity index (χ1v) is 5.63. The van der Waals surface area contributed by atoms with E-state index >= 15 is 0 Å². The molecular formula is C15H13NO3. The van der Waals surface area contributed by atoms with Crippen LogP contribution in [0.25, 0.3) is 5.76 Å². The number of phenolic OH excluding ortho intramolecular Hbond substituents is 1. The van der Waals surface area contributed by atoms with E-state index in [1.165, 1.54) is 6.07 Å². The van der Waals surface area contributed by atoms with Crippen LogP contribution in [0.5, 0.6) is 11.5 Å². The fraction of sp³-hybridized carbons (Fsp3) is 0. The van der Waals surface area contributed by atoms with Gasteiger partial charge in [-0.15, -0.1) is 0 Å². The van der Waals surface area contributed by atoms with E-state index in [2.05, 4.69) is 6.58 Å². The van der Waals surface area contributed by atoms with Crippen LogP contribution in [0.1, 0.15) is 15.9 Å². The van der Waals surface area contributed by atoms with Crippen molar-refractivity contribution in [3.05, 3.63) is 66.2 Å². The molecule has 0 aromatic heterocycles. The lowest BCUT2D eigenvalue weighted by Crippen LogP contribution is -2.12. The number of benzene rings is 2. The van der Waals surface area contributed by atoms with Crippen molar-refractivity contribution in [1.29, 1.82) is 0 Å². The molecule has 4 nitrogen and oxygen atoms in total. The summed E-state index contributed by atoms with van der Waals surface area (Å²) in [4.78, 5) is 11.3. The predicted octanol–water partition coefficient (Wildman–Crippen LogP) is 2.54. The van der Waals surface area contributed by atoms with Crippen molar-refractivity contribution in [2.45, 2.75) is 0 Å². The molecule has 2 aromatic rings. The molecule has 4 heteroatoms. The van der Waals surface area contributed by atoms with Gasteiger partial charge in [0.2, 0.25) is 0 Å². The van der Waals surface area contributed by atoms with Crippen LogP contribution in [0.3, 0.4) is 0 Å². The highest BCUT2D eigenvalue weighted by Gasteiger charge is 2.12. The topological polar surface area (TPSA) is 72.5 Å². The third-order valence-corrected chi connectivity index (χ3v) is 2.59. The number of para-hydroxylation sites is 2. The molecule has 0 spiro atoms. The first-order chi connectivity index (χ1) is 9.09. The SMILES string of the molecule is C=C(Oc1ccccc1C(N)=O)c1ccccc1O. The lowest BCUT2D eigenvalue weighted by Gasteiger charge is -2.12. The molecule has 0 saturated carbocycles. The van der Waals surface area contributed by atoms with E-state index in [0.717, 1.165) is 0 Å². The Morgan fingerprint density at radius 1 is 1.05 bits per heavy atom. The molecule has 0 aliphatic rings. The number of carbonyl (C=O) groups excluding carboxylic acids is 1. The van der Waals surface area contributed by atoms with Gasteiger partial charge >= 0.3 is 0 Å². The summed E-state index contributed by atoms with van der Waals surface area (Å²) < 4.78 is 5.52. The van der Waals surface area contributed by atoms with Crippen LogP contribution in [0, 0.1) is 0 Å². The van der Waals surface area contributed by atoms with Gasteiger partial charge in [-0.2, -0.15) is 0 Å². The second-order valence-electron chi connectivity index (χ2n) is 3.90. The standard InChI is InChI=1S/C15H13NO3/c1-10(11-6-2-4-8-13(11)17)19-14-9-5-3-7-12(14)15(16)18/h2-9,17H,1H2,(H2,16,18). The molecule has 0 saturated heterocycles. The maximum atomic E-state index is 11.3. The Bertz CT molecular complexity index is 635. The molecule has 0 heterocycles. The number of hydrogen-bond donors (Lipinski definition) is 2. The van der Waals surface area contributed by atoms with E-state index in [1.54, 1.807) is 42.5 Å². The van der Waals surface area contributed by atoms with Gasteiger partial charge in [-0.05, 0) is 24.3 Å². The zero-order valence-corrected chi connectivity index (χ0v) is 10.2. The molecule has 3 N–H and O–H groups in total. The molecule has 0 bridgehead atoms. The number of aromatic hydroxyl groups is 1. The summed E-state index contributed by atoms with van der Waals surface area (Å²) in [6, 6.07) is 13.2. The minimum atomic E-state index is -0.583. The minimum absolute atomic E-state index is 0.0593. The lowest BCUT2D eigenvalue weighted by molar-refractivity contribution is 0.0998. The van der Waals surface area contributed by atoms with Crippen LogP contribution in [-0.2, 0) is 0 Å². The first kappa shape index (κ1) is 12.7. The second-order valence-corrected chi connectivity index (χ2v) is 3.90. The summed E-state index contributed by atoms with van der Waals surface area (Å²) in [5.74, 6) is 0.0276. The molecule has 0 unspecified atom stereocenters. The number of amides is 1. The van der Waals surface area contributed by atoms with Gasteiger partial charge in [0.25, 0.3) is 5.91 Å². The van der Waals surface area contributed by atoms with Crippen molar-refractivity contribution < 1.29 is 14.6 Å². The largest absolute Gasteiger partial charge is 0.507 e. The average molecular weight is 255 g/mol. The molecule has 2 aromatic carbocycles. The van der Waals surface area contributed by atoms with E-state index in [0.29, 0.717) is 11.3 Å². The number of ether oxygens (including phenoxy) is 1. The van der Waals surface area contributed by atoms with E-state index < -0.39 is 5.91 Å². The Labute approximate surface area is 110 Å². The van der Waals surface area contributed by atoms with Crippen molar-refractivity contribution in [3.63, 3.8) is 0 Å². The number of hydrogen-bond acceptors (Lipinski definition) is 3. The monoisotopic (exact) mass is 255 g/mol. The van der Waals surface area contributed by atoms with Gasteiger partial charge in [0.15, 0.2) is 0 Å². The maximum absolute atomic E-state index is 11.3. The molecule has 0 radical (unpaired) electrons.